The lowest BCUT2D eigenvalue weighted by molar-refractivity contribution is 0.254. The highest BCUT2D eigenvalue weighted by Crippen LogP contribution is 2.28. The number of anilines is 1. The minimum absolute atomic E-state index is 0.169. The van der Waals surface area contributed by atoms with Crippen LogP contribution in [0.1, 0.15) is 25.7 Å². The molecule has 0 aliphatic carbocycles. The fourth-order valence-electron chi connectivity index (χ4n) is 2.87. The van der Waals surface area contributed by atoms with Gasteiger partial charge in [0.25, 0.3) is 0 Å². The van der Waals surface area contributed by atoms with E-state index in [0.717, 1.165) is 36.0 Å². The van der Waals surface area contributed by atoms with Crippen molar-refractivity contribution in [2.75, 3.05) is 18.1 Å². The molecule has 0 bridgehead atoms. The van der Waals surface area contributed by atoms with E-state index in [4.69, 9.17) is 0 Å². The highest BCUT2D eigenvalue weighted by Gasteiger charge is 2.23. The van der Waals surface area contributed by atoms with Gasteiger partial charge in [-0.3, -0.25) is 0 Å². The van der Waals surface area contributed by atoms with E-state index in [1.165, 1.54) is 12.8 Å². The standard InChI is InChI=1S/C15H19N3O/c19-11-13-7-2-1-5-9-18(13)15-14-8-4-3-6-12(14)10-16-17-15/h3-4,6,8,10,13,19H,1-2,5,7,9,11H2. The zero-order valence-corrected chi connectivity index (χ0v) is 11.0. The molecule has 1 unspecified atom stereocenters. The largest absolute Gasteiger partial charge is 0.394 e. The molecule has 1 fully saturated rings. The van der Waals surface area contributed by atoms with Gasteiger partial charge >= 0.3 is 0 Å². The molecule has 100 valence electrons. The summed E-state index contributed by atoms with van der Waals surface area (Å²) in [5.74, 6) is 0.916. The van der Waals surface area contributed by atoms with Crippen molar-refractivity contribution in [3.8, 4) is 0 Å². The Bertz CT molecular complexity index is 553. The summed E-state index contributed by atoms with van der Waals surface area (Å²) in [5.41, 5.74) is 0. The first kappa shape index (κ1) is 12.4. The van der Waals surface area contributed by atoms with Crippen molar-refractivity contribution in [2.24, 2.45) is 0 Å². The second-order valence-electron chi connectivity index (χ2n) is 5.13. The quantitative estimate of drug-likeness (QED) is 0.897. The normalized spacial score (nSPS) is 20.5. The van der Waals surface area contributed by atoms with Crippen molar-refractivity contribution in [3.63, 3.8) is 0 Å². The molecule has 0 spiro atoms. The van der Waals surface area contributed by atoms with E-state index in [1.54, 1.807) is 6.20 Å². The fraction of sp³-hybridized carbons (Fsp3) is 0.467. The lowest BCUT2D eigenvalue weighted by Gasteiger charge is -2.30. The van der Waals surface area contributed by atoms with Crippen LogP contribution in [0, 0.1) is 0 Å². The van der Waals surface area contributed by atoms with Gasteiger partial charge in [-0.25, -0.2) is 0 Å². The number of aliphatic hydroxyl groups excluding tert-OH is 1. The monoisotopic (exact) mass is 257 g/mol. The second-order valence-corrected chi connectivity index (χ2v) is 5.13. The molecule has 1 atom stereocenters. The maximum Gasteiger partial charge on any atom is 0.159 e. The van der Waals surface area contributed by atoms with Crippen LogP contribution in [0.15, 0.2) is 30.5 Å². The molecule has 3 rings (SSSR count). The van der Waals surface area contributed by atoms with Crippen LogP contribution in [0.2, 0.25) is 0 Å². The molecule has 1 N–H and O–H groups in total. The number of hydrogen-bond donors (Lipinski definition) is 1. The first-order valence-corrected chi connectivity index (χ1v) is 6.98. The summed E-state index contributed by atoms with van der Waals surface area (Å²) in [4.78, 5) is 2.24. The maximum absolute atomic E-state index is 9.63. The molecule has 1 aliphatic rings. The Hall–Kier alpha value is -1.68. The summed E-state index contributed by atoms with van der Waals surface area (Å²) in [6.07, 6.45) is 6.39. The molecular weight excluding hydrogens is 238 g/mol. The molecule has 2 heterocycles. The van der Waals surface area contributed by atoms with E-state index in [2.05, 4.69) is 27.2 Å². The summed E-state index contributed by atoms with van der Waals surface area (Å²) in [7, 11) is 0. The van der Waals surface area contributed by atoms with Crippen molar-refractivity contribution in [1.29, 1.82) is 0 Å². The van der Waals surface area contributed by atoms with Crippen molar-refractivity contribution in [3.05, 3.63) is 30.5 Å². The van der Waals surface area contributed by atoms with Crippen LogP contribution in [-0.4, -0.2) is 34.5 Å². The first-order valence-electron chi connectivity index (χ1n) is 6.98. The summed E-state index contributed by atoms with van der Waals surface area (Å²) < 4.78 is 0. The SMILES string of the molecule is OCC1CCCCCN1c1nncc2ccccc12. The average molecular weight is 257 g/mol. The van der Waals surface area contributed by atoms with Crippen molar-refractivity contribution in [2.45, 2.75) is 31.7 Å². The predicted molar refractivity (Wildman–Crippen MR) is 76.2 cm³/mol. The van der Waals surface area contributed by atoms with Crippen LogP contribution in [0.5, 0.6) is 0 Å². The van der Waals surface area contributed by atoms with E-state index >= 15 is 0 Å². The van der Waals surface area contributed by atoms with E-state index in [9.17, 15) is 5.11 Å². The predicted octanol–water partition coefficient (Wildman–Crippen LogP) is 2.37. The molecule has 1 aromatic carbocycles. The number of nitrogens with zero attached hydrogens (tertiary/aromatic N) is 3. The Morgan fingerprint density at radius 2 is 2.11 bits per heavy atom. The molecule has 0 radical (unpaired) electrons. The minimum atomic E-state index is 0.169. The van der Waals surface area contributed by atoms with Gasteiger partial charge in [-0.05, 0) is 12.8 Å². The summed E-state index contributed by atoms with van der Waals surface area (Å²) in [6, 6.07) is 8.35. The molecule has 0 amide bonds. The molecule has 0 saturated carbocycles. The Morgan fingerprint density at radius 3 is 3.00 bits per heavy atom. The summed E-state index contributed by atoms with van der Waals surface area (Å²) >= 11 is 0. The minimum Gasteiger partial charge on any atom is -0.394 e. The van der Waals surface area contributed by atoms with Gasteiger partial charge in [0.2, 0.25) is 0 Å². The highest BCUT2D eigenvalue weighted by molar-refractivity contribution is 5.91. The van der Waals surface area contributed by atoms with Gasteiger partial charge in [0.05, 0.1) is 18.8 Å². The smallest absolute Gasteiger partial charge is 0.159 e. The maximum atomic E-state index is 9.63. The van der Waals surface area contributed by atoms with Gasteiger partial charge < -0.3 is 10.0 Å². The van der Waals surface area contributed by atoms with Gasteiger partial charge in [0, 0.05) is 17.3 Å². The zero-order chi connectivity index (χ0) is 13.1. The number of fused-ring (bicyclic) bond motifs is 1. The van der Waals surface area contributed by atoms with Gasteiger partial charge in [0.15, 0.2) is 5.82 Å². The number of benzene rings is 1. The van der Waals surface area contributed by atoms with Gasteiger partial charge in [-0.2, -0.15) is 5.10 Å². The van der Waals surface area contributed by atoms with Crippen molar-refractivity contribution >= 4 is 16.6 Å². The Balaban J connectivity index is 2.06. The van der Waals surface area contributed by atoms with E-state index in [0.29, 0.717) is 0 Å². The van der Waals surface area contributed by atoms with Gasteiger partial charge in [-0.1, -0.05) is 37.1 Å². The van der Waals surface area contributed by atoms with E-state index < -0.39 is 0 Å². The van der Waals surface area contributed by atoms with Crippen LogP contribution in [0.4, 0.5) is 5.82 Å². The summed E-state index contributed by atoms with van der Waals surface area (Å²) in [6.45, 7) is 1.14. The molecule has 4 heteroatoms. The topological polar surface area (TPSA) is 49.2 Å². The molecule has 19 heavy (non-hydrogen) atoms. The van der Waals surface area contributed by atoms with Crippen LogP contribution in [0.3, 0.4) is 0 Å². The van der Waals surface area contributed by atoms with Crippen LogP contribution in [-0.2, 0) is 0 Å². The number of hydrogen-bond acceptors (Lipinski definition) is 4. The van der Waals surface area contributed by atoms with Crippen LogP contribution < -0.4 is 4.90 Å². The number of aromatic nitrogens is 2. The molecule has 2 aromatic rings. The van der Waals surface area contributed by atoms with Crippen molar-refractivity contribution < 1.29 is 5.11 Å². The first-order chi connectivity index (χ1) is 9.40. The Morgan fingerprint density at radius 1 is 1.21 bits per heavy atom. The lowest BCUT2D eigenvalue weighted by atomic mass is 10.1. The molecular formula is C15H19N3O. The average Bonchev–Trinajstić information content (AvgIpc) is 2.71. The van der Waals surface area contributed by atoms with Crippen LogP contribution >= 0.6 is 0 Å². The fourth-order valence-corrected chi connectivity index (χ4v) is 2.87. The van der Waals surface area contributed by atoms with Gasteiger partial charge in [0.1, 0.15) is 0 Å². The second kappa shape index (κ2) is 5.53. The highest BCUT2D eigenvalue weighted by atomic mass is 16.3. The van der Waals surface area contributed by atoms with Crippen LogP contribution in [0.25, 0.3) is 10.8 Å². The van der Waals surface area contributed by atoms with Crippen molar-refractivity contribution in [1.82, 2.24) is 10.2 Å². The molecule has 1 aliphatic heterocycles. The number of aliphatic hydroxyl groups is 1. The third kappa shape index (κ3) is 2.40. The Kier molecular flexibility index (Phi) is 3.60. The Labute approximate surface area is 113 Å². The molecule has 1 aromatic heterocycles. The summed E-state index contributed by atoms with van der Waals surface area (Å²) in [5, 5.41) is 20.3. The lowest BCUT2D eigenvalue weighted by Crippen LogP contribution is -2.38. The van der Waals surface area contributed by atoms with Gasteiger partial charge in [-0.15, -0.1) is 5.10 Å². The third-order valence-corrected chi connectivity index (χ3v) is 3.91. The zero-order valence-electron chi connectivity index (χ0n) is 11.0. The molecule has 4 nitrogen and oxygen atoms in total. The van der Waals surface area contributed by atoms with E-state index in [1.807, 2.05) is 12.1 Å². The third-order valence-electron chi connectivity index (χ3n) is 3.91. The molecule has 1 saturated heterocycles. The number of rotatable bonds is 2. The van der Waals surface area contributed by atoms with E-state index in [-0.39, 0.29) is 12.6 Å².